The van der Waals surface area contributed by atoms with Gasteiger partial charge >= 0.3 is 5.97 Å². The Morgan fingerprint density at radius 3 is 2.73 bits per heavy atom. The van der Waals surface area contributed by atoms with Crippen LogP contribution in [0.2, 0.25) is 0 Å². The summed E-state index contributed by atoms with van der Waals surface area (Å²) in [6, 6.07) is 13.3. The number of rotatable bonds is 9. The van der Waals surface area contributed by atoms with Crippen LogP contribution in [0, 0.1) is 5.82 Å². The highest BCUT2D eigenvalue weighted by Gasteiger charge is 2.16. The number of pyridine rings is 1. The highest BCUT2D eigenvalue weighted by atomic mass is 19.1. The summed E-state index contributed by atoms with van der Waals surface area (Å²) in [5.41, 5.74) is 8.83. The molecule has 33 heavy (non-hydrogen) atoms. The van der Waals surface area contributed by atoms with E-state index in [0.29, 0.717) is 17.9 Å². The van der Waals surface area contributed by atoms with Crippen LogP contribution in [0.4, 0.5) is 10.1 Å². The molecule has 172 valence electrons. The lowest BCUT2D eigenvalue weighted by Gasteiger charge is -2.16. The monoisotopic (exact) mass is 451 g/mol. The van der Waals surface area contributed by atoms with Crippen molar-refractivity contribution in [2.75, 3.05) is 18.5 Å². The number of nitrogens with one attached hydrogen (secondary N) is 1. The van der Waals surface area contributed by atoms with Crippen LogP contribution < -0.4 is 15.8 Å². The maximum atomic E-state index is 13.9. The van der Waals surface area contributed by atoms with E-state index in [1.54, 1.807) is 36.4 Å². The van der Waals surface area contributed by atoms with Gasteiger partial charge in [-0.05, 0) is 60.4 Å². The second-order valence-corrected chi connectivity index (χ2v) is 7.44. The average Bonchev–Trinajstić information content (AvgIpc) is 2.82. The molecule has 2 aromatic carbocycles. The molecule has 1 heterocycles. The SMILES string of the molecule is CCCOC(=O)COc1cccc(-c2cc(C(=O)Nc3ccncc3F)ccc2C(C)N)c1. The van der Waals surface area contributed by atoms with E-state index in [-0.39, 0.29) is 18.3 Å². The van der Waals surface area contributed by atoms with Crippen molar-refractivity contribution in [1.82, 2.24) is 4.98 Å². The number of carbonyl (C=O) groups excluding carboxylic acids is 2. The lowest BCUT2D eigenvalue weighted by Crippen LogP contribution is -2.15. The largest absolute Gasteiger partial charge is 0.482 e. The fourth-order valence-corrected chi connectivity index (χ4v) is 3.17. The van der Waals surface area contributed by atoms with Crippen LogP contribution in [0.5, 0.6) is 5.75 Å². The first-order valence-corrected chi connectivity index (χ1v) is 10.6. The van der Waals surface area contributed by atoms with E-state index < -0.39 is 17.7 Å². The van der Waals surface area contributed by atoms with Gasteiger partial charge in [0.2, 0.25) is 0 Å². The zero-order valence-electron chi connectivity index (χ0n) is 18.5. The molecule has 0 fully saturated rings. The topological polar surface area (TPSA) is 104 Å². The summed E-state index contributed by atoms with van der Waals surface area (Å²) >= 11 is 0. The van der Waals surface area contributed by atoms with E-state index >= 15 is 0 Å². The smallest absolute Gasteiger partial charge is 0.344 e. The molecular formula is C25H26FN3O4. The Morgan fingerprint density at radius 2 is 2.00 bits per heavy atom. The molecule has 0 radical (unpaired) electrons. The molecule has 1 atom stereocenters. The van der Waals surface area contributed by atoms with Crippen LogP contribution in [-0.2, 0) is 9.53 Å². The molecule has 3 N–H and O–H groups in total. The summed E-state index contributed by atoms with van der Waals surface area (Å²) in [5, 5.41) is 2.55. The predicted octanol–water partition coefficient (Wildman–Crippen LogP) is 4.49. The summed E-state index contributed by atoms with van der Waals surface area (Å²) in [7, 11) is 0. The van der Waals surface area contributed by atoms with E-state index in [1.165, 1.54) is 12.3 Å². The van der Waals surface area contributed by atoms with Crippen LogP contribution in [-0.4, -0.2) is 30.1 Å². The van der Waals surface area contributed by atoms with Gasteiger partial charge in [0.1, 0.15) is 5.75 Å². The first-order chi connectivity index (χ1) is 15.9. The lowest BCUT2D eigenvalue weighted by atomic mass is 9.93. The van der Waals surface area contributed by atoms with Crippen LogP contribution in [0.25, 0.3) is 11.1 Å². The van der Waals surface area contributed by atoms with Gasteiger partial charge < -0.3 is 20.5 Å². The molecule has 0 aliphatic rings. The van der Waals surface area contributed by atoms with Crippen molar-refractivity contribution in [3.05, 3.63) is 77.9 Å². The maximum absolute atomic E-state index is 13.9. The highest BCUT2D eigenvalue weighted by Crippen LogP contribution is 2.31. The van der Waals surface area contributed by atoms with Gasteiger partial charge in [-0.25, -0.2) is 9.18 Å². The van der Waals surface area contributed by atoms with Crippen molar-refractivity contribution in [3.63, 3.8) is 0 Å². The van der Waals surface area contributed by atoms with Gasteiger partial charge in [0, 0.05) is 17.8 Å². The molecule has 0 aliphatic heterocycles. The molecular weight excluding hydrogens is 425 g/mol. The third-order valence-electron chi connectivity index (χ3n) is 4.80. The summed E-state index contributed by atoms with van der Waals surface area (Å²) in [5.74, 6) is -1.06. The Bertz CT molecular complexity index is 1130. The quantitative estimate of drug-likeness (QED) is 0.465. The Morgan fingerprint density at radius 1 is 1.18 bits per heavy atom. The zero-order valence-corrected chi connectivity index (χ0v) is 18.5. The van der Waals surface area contributed by atoms with Crippen LogP contribution in [0.1, 0.15) is 42.2 Å². The van der Waals surface area contributed by atoms with Crippen molar-refractivity contribution in [2.45, 2.75) is 26.3 Å². The average molecular weight is 451 g/mol. The number of ether oxygens (including phenoxy) is 2. The van der Waals surface area contributed by atoms with Gasteiger partial charge in [0.15, 0.2) is 12.4 Å². The number of anilines is 1. The Kier molecular flexibility index (Phi) is 8.10. The number of hydrogen-bond donors (Lipinski definition) is 2. The standard InChI is InChI=1S/C25H26FN3O4/c1-3-11-32-24(30)15-33-19-6-4-5-17(12-19)21-13-18(7-8-20(21)16(2)27)25(31)29-23-9-10-28-14-22(23)26/h4-10,12-14,16H,3,11,15,27H2,1-2H3,(H,28,29,31). The number of esters is 1. The number of benzene rings is 2. The maximum Gasteiger partial charge on any atom is 0.344 e. The number of amides is 1. The summed E-state index contributed by atoms with van der Waals surface area (Å²) < 4.78 is 24.5. The molecule has 0 saturated carbocycles. The molecule has 0 spiro atoms. The Balaban J connectivity index is 1.86. The fraction of sp³-hybridized carbons (Fsp3) is 0.240. The first kappa shape index (κ1) is 23.9. The summed E-state index contributed by atoms with van der Waals surface area (Å²) in [4.78, 5) is 28.2. The van der Waals surface area contributed by atoms with E-state index in [4.69, 9.17) is 15.2 Å². The normalized spacial score (nSPS) is 11.5. The minimum Gasteiger partial charge on any atom is -0.482 e. The number of nitrogens with zero attached hydrogens (tertiary/aromatic N) is 1. The van der Waals surface area contributed by atoms with Crippen molar-refractivity contribution in [1.29, 1.82) is 0 Å². The molecule has 0 bridgehead atoms. The van der Waals surface area contributed by atoms with Crippen LogP contribution in [0.15, 0.2) is 60.9 Å². The van der Waals surface area contributed by atoms with Gasteiger partial charge in [-0.3, -0.25) is 9.78 Å². The molecule has 7 nitrogen and oxygen atoms in total. The molecule has 3 rings (SSSR count). The van der Waals surface area contributed by atoms with Crippen molar-refractivity contribution >= 4 is 17.6 Å². The van der Waals surface area contributed by atoms with Gasteiger partial charge in [0.25, 0.3) is 5.91 Å². The summed E-state index contributed by atoms with van der Waals surface area (Å²) in [6.07, 6.45) is 3.16. The number of nitrogens with two attached hydrogens (primary N) is 1. The minimum atomic E-state index is -0.624. The van der Waals surface area contributed by atoms with Crippen molar-refractivity contribution in [3.8, 4) is 16.9 Å². The highest BCUT2D eigenvalue weighted by molar-refractivity contribution is 6.05. The van der Waals surface area contributed by atoms with E-state index in [9.17, 15) is 14.0 Å². The summed E-state index contributed by atoms with van der Waals surface area (Å²) in [6.45, 7) is 3.90. The number of halogens is 1. The number of aromatic nitrogens is 1. The van der Waals surface area contributed by atoms with Gasteiger partial charge in [-0.2, -0.15) is 0 Å². The molecule has 1 aromatic heterocycles. The number of hydrogen-bond acceptors (Lipinski definition) is 6. The first-order valence-electron chi connectivity index (χ1n) is 10.6. The Hall–Kier alpha value is -3.78. The zero-order chi connectivity index (χ0) is 23.8. The van der Waals surface area contributed by atoms with E-state index in [1.807, 2.05) is 19.9 Å². The molecule has 1 amide bonds. The molecule has 3 aromatic rings. The van der Waals surface area contributed by atoms with Crippen LogP contribution in [0.3, 0.4) is 0 Å². The minimum absolute atomic E-state index is 0.0400. The van der Waals surface area contributed by atoms with Gasteiger partial charge in [-0.1, -0.05) is 25.1 Å². The molecule has 8 heteroatoms. The second-order valence-electron chi connectivity index (χ2n) is 7.44. The van der Waals surface area contributed by atoms with Crippen molar-refractivity contribution in [2.24, 2.45) is 5.73 Å². The van der Waals surface area contributed by atoms with E-state index in [2.05, 4.69) is 10.3 Å². The molecule has 0 saturated heterocycles. The molecule has 0 aliphatic carbocycles. The third-order valence-corrected chi connectivity index (χ3v) is 4.80. The molecule has 1 unspecified atom stereocenters. The Labute approximate surface area is 191 Å². The van der Waals surface area contributed by atoms with E-state index in [0.717, 1.165) is 29.3 Å². The van der Waals surface area contributed by atoms with Crippen molar-refractivity contribution < 1.29 is 23.5 Å². The van der Waals surface area contributed by atoms with Gasteiger partial charge in [-0.15, -0.1) is 0 Å². The fourth-order valence-electron chi connectivity index (χ4n) is 3.17. The number of carbonyl (C=O) groups is 2. The second kappa shape index (κ2) is 11.2. The van der Waals surface area contributed by atoms with Gasteiger partial charge in [0.05, 0.1) is 18.5 Å². The third kappa shape index (κ3) is 6.36. The predicted molar refractivity (Wildman–Crippen MR) is 123 cm³/mol. The van der Waals surface area contributed by atoms with Crippen LogP contribution >= 0.6 is 0 Å². The lowest BCUT2D eigenvalue weighted by molar-refractivity contribution is -0.146.